The van der Waals surface area contributed by atoms with Crippen LogP contribution in [0.25, 0.3) is 10.8 Å². The second-order valence-electron chi connectivity index (χ2n) is 3.69. The lowest BCUT2D eigenvalue weighted by atomic mass is 10.1. The van der Waals surface area contributed by atoms with Gasteiger partial charge in [0, 0.05) is 17.9 Å². The molecule has 0 N–H and O–H groups in total. The molecular weight excluding hydrogens is 464 g/mol. The van der Waals surface area contributed by atoms with Crippen molar-refractivity contribution in [3.05, 3.63) is 41.2 Å². The molecule has 0 saturated heterocycles. The quantitative estimate of drug-likeness (QED) is 0.411. The van der Waals surface area contributed by atoms with Gasteiger partial charge in [-0.3, -0.25) is 0 Å². The summed E-state index contributed by atoms with van der Waals surface area (Å²) in [6, 6.07) is 4.30. The van der Waals surface area contributed by atoms with Gasteiger partial charge in [-0.25, -0.2) is 0 Å². The van der Waals surface area contributed by atoms with Crippen LogP contribution < -0.4 is 0 Å². The summed E-state index contributed by atoms with van der Waals surface area (Å²) in [4.78, 5) is 0. The maximum absolute atomic E-state index is 3.65. The van der Waals surface area contributed by atoms with E-state index in [0.29, 0.717) is 0 Å². The van der Waals surface area contributed by atoms with E-state index >= 15 is 0 Å². The van der Waals surface area contributed by atoms with E-state index in [0.717, 1.165) is 17.9 Å². The van der Waals surface area contributed by atoms with Gasteiger partial charge in [-0.15, -0.1) is 0 Å². The first-order chi connectivity index (χ1) is 7.43. The predicted octanol–water partition coefficient (Wildman–Crippen LogP) is 6.51. The minimum atomic E-state index is 1.12. The molecule has 2 aromatic rings. The van der Waals surface area contributed by atoms with E-state index in [1.54, 1.807) is 0 Å². The van der Waals surface area contributed by atoms with Gasteiger partial charge in [-0.1, -0.05) is 31.9 Å². The molecule has 0 saturated carbocycles. The lowest BCUT2D eigenvalue weighted by molar-refractivity contribution is 1.39. The number of halogens is 4. The van der Waals surface area contributed by atoms with Crippen molar-refractivity contribution in [2.24, 2.45) is 0 Å². The molecule has 0 amide bonds. The van der Waals surface area contributed by atoms with E-state index in [-0.39, 0.29) is 0 Å². The molecule has 2 rings (SSSR count). The van der Waals surface area contributed by atoms with Gasteiger partial charge in [-0.05, 0) is 79.7 Å². The third kappa shape index (κ3) is 2.02. The van der Waals surface area contributed by atoms with E-state index in [1.807, 2.05) is 0 Å². The molecular formula is C12H8Br4. The highest BCUT2D eigenvalue weighted by atomic mass is 79.9. The van der Waals surface area contributed by atoms with Crippen molar-refractivity contribution in [3.8, 4) is 0 Å². The Morgan fingerprint density at radius 1 is 0.688 bits per heavy atom. The smallest absolute Gasteiger partial charge is 0.0294 e. The second kappa shape index (κ2) is 4.71. The van der Waals surface area contributed by atoms with Crippen LogP contribution in [-0.2, 0) is 0 Å². The number of benzene rings is 2. The van der Waals surface area contributed by atoms with Crippen LogP contribution in [0.2, 0.25) is 0 Å². The van der Waals surface area contributed by atoms with Gasteiger partial charge in [0.1, 0.15) is 0 Å². The normalized spacial score (nSPS) is 11.1. The van der Waals surface area contributed by atoms with Gasteiger partial charge < -0.3 is 0 Å². The fourth-order valence-electron chi connectivity index (χ4n) is 1.60. The summed E-state index contributed by atoms with van der Waals surface area (Å²) in [5, 5.41) is 2.43. The third-order valence-electron chi connectivity index (χ3n) is 2.68. The van der Waals surface area contributed by atoms with E-state index in [1.165, 1.54) is 21.9 Å². The molecule has 0 aliphatic carbocycles. The highest BCUT2D eigenvalue weighted by molar-refractivity contribution is 9.11. The highest BCUT2D eigenvalue weighted by Gasteiger charge is 2.12. The van der Waals surface area contributed by atoms with E-state index < -0.39 is 0 Å². The molecule has 0 fully saturated rings. The van der Waals surface area contributed by atoms with Crippen LogP contribution in [0.3, 0.4) is 0 Å². The average Bonchev–Trinajstić information content (AvgIpc) is 2.25. The maximum Gasteiger partial charge on any atom is 0.0294 e. The molecule has 84 valence electrons. The van der Waals surface area contributed by atoms with Crippen molar-refractivity contribution < 1.29 is 0 Å². The molecule has 0 heterocycles. The lowest BCUT2D eigenvalue weighted by Gasteiger charge is -2.12. The molecule has 0 atom stereocenters. The molecule has 0 aromatic heterocycles. The van der Waals surface area contributed by atoms with Crippen LogP contribution >= 0.6 is 63.7 Å². The number of rotatable bonds is 0. The molecule has 0 unspecified atom stereocenters. The molecule has 0 nitrogen and oxygen atoms in total. The van der Waals surface area contributed by atoms with Gasteiger partial charge in [0.25, 0.3) is 0 Å². The summed E-state index contributed by atoms with van der Waals surface area (Å²) < 4.78 is 4.51. The molecule has 0 aliphatic rings. The van der Waals surface area contributed by atoms with Gasteiger partial charge >= 0.3 is 0 Å². The van der Waals surface area contributed by atoms with Crippen LogP contribution in [0.5, 0.6) is 0 Å². The molecule has 4 heteroatoms. The van der Waals surface area contributed by atoms with Gasteiger partial charge in [-0.2, -0.15) is 0 Å². The summed E-state index contributed by atoms with van der Waals surface area (Å²) in [6.45, 7) is 4.19. The minimum absolute atomic E-state index is 1.12. The summed E-state index contributed by atoms with van der Waals surface area (Å²) in [7, 11) is 0. The fraction of sp³-hybridized carbons (Fsp3) is 0.167. The SMILES string of the molecule is Cc1c(Br)cc2c(Br)c(C)c(Br)cc2c1Br. The second-order valence-corrected chi connectivity index (χ2v) is 6.98. The third-order valence-corrected chi connectivity index (χ3v) is 6.37. The van der Waals surface area contributed by atoms with Crippen molar-refractivity contribution in [1.82, 2.24) is 0 Å². The first kappa shape index (κ1) is 13.1. The summed E-state index contributed by atoms with van der Waals surface area (Å²) >= 11 is 14.5. The maximum atomic E-state index is 3.65. The Morgan fingerprint density at radius 3 is 1.31 bits per heavy atom. The standard InChI is InChI=1S/C12H8Br4/c1-5-9(13)3-8-7(11(5)15)4-10(14)6(2)12(8)16/h3-4H,1-2H3. The Labute approximate surface area is 128 Å². The zero-order chi connectivity index (χ0) is 12.0. The summed E-state index contributed by atoms with van der Waals surface area (Å²) in [5.74, 6) is 0. The lowest BCUT2D eigenvalue weighted by Crippen LogP contribution is -1.87. The topological polar surface area (TPSA) is 0 Å². The first-order valence-electron chi connectivity index (χ1n) is 4.66. The van der Waals surface area contributed by atoms with Crippen molar-refractivity contribution in [2.45, 2.75) is 13.8 Å². The number of hydrogen-bond donors (Lipinski definition) is 0. The minimum Gasteiger partial charge on any atom is -0.0505 e. The Bertz CT molecular complexity index is 534. The van der Waals surface area contributed by atoms with Crippen LogP contribution in [0.4, 0.5) is 0 Å². The summed E-state index contributed by atoms with van der Waals surface area (Å²) in [5.41, 5.74) is 2.44. The molecule has 0 bridgehead atoms. The number of hydrogen-bond acceptors (Lipinski definition) is 0. The zero-order valence-corrected chi connectivity index (χ0v) is 15.0. The molecule has 0 spiro atoms. The van der Waals surface area contributed by atoms with Crippen LogP contribution in [-0.4, -0.2) is 0 Å². The van der Waals surface area contributed by atoms with Gasteiger partial charge in [0.15, 0.2) is 0 Å². The van der Waals surface area contributed by atoms with Crippen LogP contribution in [0, 0.1) is 13.8 Å². The first-order valence-corrected chi connectivity index (χ1v) is 7.83. The zero-order valence-electron chi connectivity index (χ0n) is 8.67. The van der Waals surface area contributed by atoms with Crippen LogP contribution in [0.15, 0.2) is 30.0 Å². The van der Waals surface area contributed by atoms with Crippen molar-refractivity contribution in [1.29, 1.82) is 0 Å². The highest BCUT2D eigenvalue weighted by Crippen LogP contribution is 2.40. The average molecular weight is 472 g/mol. The van der Waals surface area contributed by atoms with Crippen molar-refractivity contribution >= 4 is 74.5 Å². The van der Waals surface area contributed by atoms with Crippen molar-refractivity contribution in [2.75, 3.05) is 0 Å². The fourth-order valence-corrected chi connectivity index (χ4v) is 4.07. The van der Waals surface area contributed by atoms with Crippen molar-refractivity contribution in [3.63, 3.8) is 0 Å². The summed E-state index contributed by atoms with van der Waals surface area (Å²) in [6.07, 6.45) is 0. The molecule has 16 heavy (non-hydrogen) atoms. The Hall–Kier alpha value is 0.620. The van der Waals surface area contributed by atoms with E-state index in [2.05, 4.69) is 89.7 Å². The Balaban J connectivity index is 3.02. The molecule has 0 radical (unpaired) electrons. The number of fused-ring (bicyclic) bond motifs is 1. The van der Waals surface area contributed by atoms with E-state index in [9.17, 15) is 0 Å². The predicted molar refractivity (Wildman–Crippen MR) is 84.2 cm³/mol. The van der Waals surface area contributed by atoms with Gasteiger partial charge in [0.05, 0.1) is 0 Å². The molecule has 2 aromatic carbocycles. The largest absolute Gasteiger partial charge is 0.0505 e. The monoisotopic (exact) mass is 468 g/mol. The van der Waals surface area contributed by atoms with Gasteiger partial charge in [0.2, 0.25) is 0 Å². The Kier molecular flexibility index (Phi) is 3.85. The van der Waals surface area contributed by atoms with E-state index in [4.69, 9.17) is 0 Å². The molecule has 0 aliphatic heterocycles. The van der Waals surface area contributed by atoms with Crippen LogP contribution in [0.1, 0.15) is 11.1 Å². The Morgan fingerprint density at radius 2 is 1.00 bits per heavy atom.